The maximum atomic E-state index is 14.0. The second-order valence-electron chi connectivity index (χ2n) is 8.63. The molecule has 0 aliphatic carbocycles. The normalized spacial score (nSPS) is 14.7. The van der Waals surface area contributed by atoms with Gasteiger partial charge >= 0.3 is 0 Å². The summed E-state index contributed by atoms with van der Waals surface area (Å²) >= 11 is 3.52. The average molecular weight is 535 g/mol. The summed E-state index contributed by atoms with van der Waals surface area (Å²) in [5.74, 6) is 0.0710. The van der Waals surface area contributed by atoms with E-state index in [4.69, 9.17) is 14.7 Å². The highest BCUT2D eigenvalue weighted by molar-refractivity contribution is 9.10. The van der Waals surface area contributed by atoms with Crippen molar-refractivity contribution in [2.75, 3.05) is 13.1 Å². The number of benzene rings is 2. The minimum absolute atomic E-state index is 0.0899. The van der Waals surface area contributed by atoms with Crippen LogP contribution in [0.3, 0.4) is 0 Å². The van der Waals surface area contributed by atoms with Gasteiger partial charge in [0.2, 0.25) is 5.88 Å². The third-order valence-electron chi connectivity index (χ3n) is 6.07. The lowest BCUT2D eigenvalue weighted by Gasteiger charge is -2.31. The van der Waals surface area contributed by atoms with Crippen LogP contribution in [0.25, 0.3) is 10.9 Å². The molecule has 2 aromatic carbocycles. The fourth-order valence-corrected chi connectivity index (χ4v) is 4.65. The first-order valence-electron chi connectivity index (χ1n) is 11.5. The van der Waals surface area contributed by atoms with Crippen molar-refractivity contribution in [3.8, 4) is 17.7 Å². The van der Waals surface area contributed by atoms with Gasteiger partial charge in [-0.05, 0) is 60.7 Å². The van der Waals surface area contributed by atoms with Crippen LogP contribution in [0.2, 0.25) is 0 Å². The Morgan fingerprint density at radius 3 is 2.77 bits per heavy atom. The lowest BCUT2D eigenvalue weighted by Crippen LogP contribution is -2.38. The topological polar surface area (TPSA) is 74.2 Å². The van der Waals surface area contributed by atoms with Gasteiger partial charge in [-0.3, -0.25) is 4.90 Å². The zero-order chi connectivity index (χ0) is 24.2. The second kappa shape index (κ2) is 10.5. The molecule has 0 atom stereocenters. The van der Waals surface area contributed by atoms with E-state index in [1.807, 2.05) is 24.3 Å². The van der Waals surface area contributed by atoms with E-state index in [9.17, 15) is 4.39 Å². The highest BCUT2D eigenvalue weighted by Crippen LogP contribution is 2.24. The number of hydrogen-bond acceptors (Lipinski definition) is 5. The lowest BCUT2D eigenvalue weighted by atomic mass is 10.1. The monoisotopic (exact) mass is 534 g/mol. The van der Waals surface area contributed by atoms with Crippen molar-refractivity contribution in [2.45, 2.75) is 32.1 Å². The number of pyridine rings is 1. The van der Waals surface area contributed by atoms with E-state index in [1.165, 1.54) is 23.2 Å². The van der Waals surface area contributed by atoms with Crippen molar-refractivity contribution in [3.63, 3.8) is 0 Å². The first-order chi connectivity index (χ1) is 17.1. The predicted molar refractivity (Wildman–Crippen MR) is 135 cm³/mol. The molecule has 1 fully saturated rings. The number of aromatic amines is 1. The maximum Gasteiger partial charge on any atom is 0.213 e. The lowest BCUT2D eigenvalue weighted by molar-refractivity contribution is 0.0923. The van der Waals surface area contributed by atoms with Crippen molar-refractivity contribution in [2.24, 2.45) is 0 Å². The summed E-state index contributed by atoms with van der Waals surface area (Å²) in [5.41, 5.74) is 3.26. The molecule has 1 saturated heterocycles. The van der Waals surface area contributed by atoms with Gasteiger partial charge in [0, 0.05) is 41.4 Å². The number of rotatable bonds is 7. The fraction of sp³-hybridized carbons (Fsp3) is 0.259. The first kappa shape index (κ1) is 23.3. The highest BCUT2D eigenvalue weighted by Gasteiger charge is 2.21. The Hall–Kier alpha value is -3.41. The van der Waals surface area contributed by atoms with Crippen LogP contribution in [0.15, 0.2) is 65.1 Å². The molecule has 3 heterocycles. The van der Waals surface area contributed by atoms with Gasteiger partial charge in [0.05, 0.1) is 17.3 Å². The SMILES string of the molecule is N#Cc1ccc(OCc2cccc(OC3CCN(Cc4cc5ccc(Br)cc5[nH]4)CC3)n2)c(F)c1. The van der Waals surface area contributed by atoms with Crippen molar-refractivity contribution < 1.29 is 13.9 Å². The number of nitriles is 1. The molecule has 1 N–H and O–H groups in total. The largest absolute Gasteiger partial charge is 0.484 e. The van der Waals surface area contributed by atoms with Crippen LogP contribution in [0.4, 0.5) is 4.39 Å². The van der Waals surface area contributed by atoms with Crippen LogP contribution in [-0.2, 0) is 13.2 Å². The highest BCUT2D eigenvalue weighted by atomic mass is 79.9. The second-order valence-corrected chi connectivity index (χ2v) is 9.55. The molecular formula is C27H24BrFN4O2. The Bertz CT molecular complexity index is 1380. The number of nitrogens with zero attached hydrogens (tertiary/aromatic N) is 3. The van der Waals surface area contributed by atoms with Crippen LogP contribution in [0.5, 0.6) is 11.6 Å². The summed E-state index contributed by atoms with van der Waals surface area (Å²) < 4.78 is 26.8. The molecule has 5 rings (SSSR count). The van der Waals surface area contributed by atoms with E-state index in [2.05, 4.69) is 55.1 Å². The van der Waals surface area contributed by atoms with Crippen LogP contribution in [0.1, 0.15) is 29.8 Å². The van der Waals surface area contributed by atoms with E-state index in [-0.39, 0.29) is 24.0 Å². The summed E-state index contributed by atoms with van der Waals surface area (Å²) in [4.78, 5) is 10.5. The summed E-state index contributed by atoms with van der Waals surface area (Å²) in [7, 11) is 0. The molecule has 0 saturated carbocycles. The molecule has 35 heavy (non-hydrogen) atoms. The number of piperidine rings is 1. The molecule has 0 bridgehead atoms. The van der Waals surface area contributed by atoms with E-state index in [1.54, 1.807) is 0 Å². The minimum Gasteiger partial charge on any atom is -0.484 e. The van der Waals surface area contributed by atoms with E-state index in [0.717, 1.165) is 48.5 Å². The number of fused-ring (bicyclic) bond motifs is 1. The molecule has 1 aliphatic heterocycles. The Balaban J connectivity index is 1.12. The van der Waals surface area contributed by atoms with Crippen LogP contribution < -0.4 is 9.47 Å². The van der Waals surface area contributed by atoms with Gasteiger partial charge in [-0.15, -0.1) is 0 Å². The Labute approximate surface area is 211 Å². The molecule has 4 aromatic rings. The van der Waals surface area contributed by atoms with E-state index >= 15 is 0 Å². The Morgan fingerprint density at radius 2 is 1.97 bits per heavy atom. The number of H-pyrrole nitrogens is 1. The third kappa shape index (κ3) is 5.81. The predicted octanol–water partition coefficient (Wildman–Crippen LogP) is 5.96. The summed E-state index contributed by atoms with van der Waals surface area (Å²) in [6.45, 7) is 2.89. The van der Waals surface area contributed by atoms with Crippen molar-refractivity contribution in [1.82, 2.24) is 14.9 Å². The van der Waals surface area contributed by atoms with Crippen LogP contribution >= 0.6 is 15.9 Å². The Kier molecular flexibility index (Phi) is 6.98. The quantitative estimate of drug-likeness (QED) is 0.316. The molecule has 2 aromatic heterocycles. The third-order valence-corrected chi connectivity index (χ3v) is 6.57. The maximum absolute atomic E-state index is 14.0. The average Bonchev–Trinajstić information content (AvgIpc) is 3.26. The summed E-state index contributed by atoms with van der Waals surface area (Å²) in [6, 6.07) is 20.0. The number of ether oxygens (including phenoxy) is 2. The summed E-state index contributed by atoms with van der Waals surface area (Å²) in [5, 5.41) is 10.1. The standard InChI is InChI=1S/C27H24BrFN4O2/c28-20-6-5-19-13-22(31-25(19)14-20)16-33-10-8-23(9-11-33)35-27-3-1-2-21(32-27)17-34-26-7-4-18(15-30)12-24(26)29/h1-7,12-14,23,31H,8-11,16-17H2. The number of halogens is 2. The van der Waals surface area contributed by atoms with Gasteiger partial charge in [0.25, 0.3) is 0 Å². The van der Waals surface area contributed by atoms with Gasteiger partial charge in [-0.1, -0.05) is 28.1 Å². The van der Waals surface area contributed by atoms with E-state index < -0.39 is 5.82 Å². The zero-order valence-corrected chi connectivity index (χ0v) is 20.6. The number of aromatic nitrogens is 2. The Morgan fingerprint density at radius 1 is 1.11 bits per heavy atom. The van der Waals surface area contributed by atoms with Gasteiger partial charge < -0.3 is 14.5 Å². The van der Waals surface area contributed by atoms with Crippen molar-refractivity contribution in [3.05, 3.63) is 87.9 Å². The molecule has 178 valence electrons. The van der Waals surface area contributed by atoms with Gasteiger partial charge in [-0.25, -0.2) is 9.37 Å². The minimum atomic E-state index is -0.566. The van der Waals surface area contributed by atoms with Crippen molar-refractivity contribution >= 4 is 26.8 Å². The van der Waals surface area contributed by atoms with Gasteiger partial charge in [-0.2, -0.15) is 5.26 Å². The van der Waals surface area contributed by atoms with Crippen LogP contribution in [-0.4, -0.2) is 34.1 Å². The number of hydrogen-bond donors (Lipinski definition) is 1. The van der Waals surface area contributed by atoms with Crippen LogP contribution in [0, 0.1) is 17.1 Å². The molecule has 6 nitrogen and oxygen atoms in total. The van der Waals surface area contributed by atoms with Gasteiger partial charge in [0.1, 0.15) is 12.7 Å². The molecule has 0 unspecified atom stereocenters. The number of nitrogens with one attached hydrogen (secondary N) is 1. The zero-order valence-electron chi connectivity index (χ0n) is 19.0. The smallest absolute Gasteiger partial charge is 0.213 e. The molecule has 1 aliphatic rings. The summed E-state index contributed by atoms with van der Waals surface area (Å²) in [6.07, 6.45) is 1.94. The molecule has 0 amide bonds. The molecule has 0 spiro atoms. The van der Waals surface area contributed by atoms with E-state index in [0.29, 0.717) is 11.6 Å². The fourth-order valence-electron chi connectivity index (χ4n) is 4.28. The van der Waals surface area contributed by atoms with Crippen molar-refractivity contribution in [1.29, 1.82) is 5.26 Å². The molecule has 0 radical (unpaired) electrons. The first-order valence-corrected chi connectivity index (χ1v) is 12.3. The molecule has 8 heteroatoms. The number of likely N-dealkylation sites (tertiary alicyclic amines) is 1. The van der Waals surface area contributed by atoms with Gasteiger partial charge in [0.15, 0.2) is 11.6 Å². The molecular weight excluding hydrogens is 511 g/mol.